The summed E-state index contributed by atoms with van der Waals surface area (Å²) >= 11 is 0. The number of piperidine rings is 1. The van der Waals surface area contributed by atoms with E-state index in [0.717, 1.165) is 54.2 Å². The van der Waals surface area contributed by atoms with Crippen LogP contribution in [0.3, 0.4) is 0 Å². The molecule has 0 amide bonds. The van der Waals surface area contributed by atoms with Gasteiger partial charge in [0.25, 0.3) is 0 Å². The van der Waals surface area contributed by atoms with Crippen LogP contribution in [0.15, 0.2) is 42.5 Å². The molecular formula is C21H23N5O. The van der Waals surface area contributed by atoms with Crippen molar-refractivity contribution in [2.24, 2.45) is 5.73 Å². The zero-order valence-electron chi connectivity index (χ0n) is 15.4. The second-order valence-electron chi connectivity index (χ2n) is 7.01. The molecule has 2 heterocycles. The van der Waals surface area contributed by atoms with Crippen LogP contribution in [0.5, 0.6) is 5.75 Å². The summed E-state index contributed by atoms with van der Waals surface area (Å²) in [4.78, 5) is 7.19. The first-order chi connectivity index (χ1) is 13.2. The van der Waals surface area contributed by atoms with E-state index in [9.17, 15) is 0 Å². The van der Waals surface area contributed by atoms with Crippen LogP contribution in [0, 0.1) is 11.3 Å². The van der Waals surface area contributed by atoms with Gasteiger partial charge in [0, 0.05) is 25.2 Å². The number of imidazole rings is 1. The summed E-state index contributed by atoms with van der Waals surface area (Å²) in [5.41, 5.74) is 9.98. The standard InChI is InChI=1S/C21H23N5O/c1-27-18-8-9-20-19(11-18)24-21(25-10-2-3-17(23)14-25)26(20)13-16-6-4-15(12-22)5-7-16/h4-9,11,17H,2-3,10,13-14,23H2,1H3. The molecule has 2 N–H and O–H groups in total. The lowest BCUT2D eigenvalue weighted by Crippen LogP contribution is -2.44. The maximum absolute atomic E-state index is 9.02. The Morgan fingerprint density at radius 2 is 2.07 bits per heavy atom. The third-order valence-electron chi connectivity index (χ3n) is 5.10. The Kier molecular flexibility index (Phi) is 4.69. The zero-order chi connectivity index (χ0) is 18.8. The summed E-state index contributed by atoms with van der Waals surface area (Å²) in [6, 6.07) is 16.0. The SMILES string of the molecule is COc1ccc2c(c1)nc(N1CCCC(N)C1)n2Cc1ccc(C#N)cc1. The second kappa shape index (κ2) is 7.29. The maximum atomic E-state index is 9.02. The molecule has 0 saturated carbocycles. The molecule has 1 saturated heterocycles. The summed E-state index contributed by atoms with van der Waals surface area (Å²) in [6.07, 6.45) is 2.13. The lowest BCUT2D eigenvalue weighted by Gasteiger charge is -2.32. The molecule has 3 aromatic rings. The minimum atomic E-state index is 0.177. The Labute approximate surface area is 158 Å². The zero-order valence-corrected chi connectivity index (χ0v) is 15.4. The first-order valence-electron chi connectivity index (χ1n) is 9.22. The largest absolute Gasteiger partial charge is 0.497 e. The number of benzene rings is 2. The quantitative estimate of drug-likeness (QED) is 0.773. The van der Waals surface area contributed by atoms with Gasteiger partial charge >= 0.3 is 0 Å². The van der Waals surface area contributed by atoms with Crippen molar-refractivity contribution in [3.05, 3.63) is 53.6 Å². The van der Waals surface area contributed by atoms with Gasteiger partial charge < -0.3 is 19.9 Å². The summed E-state index contributed by atoms with van der Waals surface area (Å²) in [6.45, 7) is 2.46. The predicted octanol–water partition coefficient (Wildman–Crippen LogP) is 2.89. The maximum Gasteiger partial charge on any atom is 0.206 e. The summed E-state index contributed by atoms with van der Waals surface area (Å²) in [7, 11) is 1.67. The highest BCUT2D eigenvalue weighted by Crippen LogP contribution is 2.28. The second-order valence-corrected chi connectivity index (χ2v) is 7.01. The molecule has 0 aliphatic carbocycles. The van der Waals surface area contributed by atoms with Crippen LogP contribution in [0.25, 0.3) is 11.0 Å². The van der Waals surface area contributed by atoms with E-state index in [0.29, 0.717) is 12.1 Å². The van der Waals surface area contributed by atoms with Crippen LogP contribution in [-0.2, 0) is 6.54 Å². The van der Waals surface area contributed by atoms with E-state index >= 15 is 0 Å². The third kappa shape index (κ3) is 3.46. The van der Waals surface area contributed by atoms with Gasteiger partial charge in [0.05, 0.1) is 36.3 Å². The fraction of sp³-hybridized carbons (Fsp3) is 0.333. The van der Waals surface area contributed by atoms with Crippen LogP contribution in [-0.4, -0.2) is 35.8 Å². The average Bonchev–Trinajstić information content (AvgIpc) is 3.06. The van der Waals surface area contributed by atoms with Crippen molar-refractivity contribution >= 4 is 17.0 Å². The molecule has 0 radical (unpaired) electrons. The number of hydrogen-bond donors (Lipinski definition) is 1. The molecule has 6 nitrogen and oxygen atoms in total. The average molecular weight is 361 g/mol. The van der Waals surface area contributed by atoms with Gasteiger partial charge in [-0.3, -0.25) is 0 Å². The predicted molar refractivity (Wildman–Crippen MR) is 106 cm³/mol. The third-order valence-corrected chi connectivity index (χ3v) is 5.10. The molecule has 1 atom stereocenters. The van der Waals surface area contributed by atoms with E-state index in [-0.39, 0.29) is 6.04 Å². The minimum Gasteiger partial charge on any atom is -0.497 e. The molecule has 138 valence electrons. The number of nitriles is 1. The number of nitrogens with two attached hydrogens (primary N) is 1. The molecular weight excluding hydrogens is 338 g/mol. The first-order valence-corrected chi connectivity index (χ1v) is 9.22. The molecule has 27 heavy (non-hydrogen) atoms. The summed E-state index contributed by atoms with van der Waals surface area (Å²) in [5, 5.41) is 9.02. The molecule has 1 fully saturated rings. The number of aromatic nitrogens is 2. The molecule has 1 aliphatic rings. The summed E-state index contributed by atoms with van der Waals surface area (Å²) in [5.74, 6) is 1.74. The fourth-order valence-corrected chi connectivity index (χ4v) is 3.68. The number of ether oxygens (including phenoxy) is 1. The van der Waals surface area contributed by atoms with E-state index in [1.165, 1.54) is 0 Å². The summed E-state index contributed by atoms with van der Waals surface area (Å²) < 4.78 is 7.59. The van der Waals surface area contributed by atoms with E-state index in [4.69, 9.17) is 20.7 Å². The first kappa shape index (κ1) is 17.4. The van der Waals surface area contributed by atoms with Crippen molar-refractivity contribution < 1.29 is 4.74 Å². The van der Waals surface area contributed by atoms with Crippen LogP contribution in [0.2, 0.25) is 0 Å². The van der Waals surface area contributed by atoms with Crippen LogP contribution < -0.4 is 15.4 Å². The molecule has 0 bridgehead atoms. The van der Waals surface area contributed by atoms with Crippen molar-refractivity contribution in [2.75, 3.05) is 25.1 Å². The number of methoxy groups -OCH3 is 1. The topological polar surface area (TPSA) is 80.1 Å². The molecule has 1 unspecified atom stereocenters. The number of anilines is 1. The minimum absolute atomic E-state index is 0.177. The van der Waals surface area contributed by atoms with Crippen molar-refractivity contribution in [2.45, 2.75) is 25.4 Å². The Morgan fingerprint density at radius 3 is 2.78 bits per heavy atom. The molecule has 2 aromatic carbocycles. The smallest absolute Gasteiger partial charge is 0.206 e. The van der Waals surface area contributed by atoms with Crippen molar-refractivity contribution in [1.29, 1.82) is 5.26 Å². The lowest BCUT2D eigenvalue weighted by atomic mass is 10.1. The lowest BCUT2D eigenvalue weighted by molar-refractivity contribution is 0.415. The van der Waals surface area contributed by atoms with E-state index in [1.54, 1.807) is 7.11 Å². The van der Waals surface area contributed by atoms with E-state index < -0.39 is 0 Å². The molecule has 0 spiro atoms. The van der Waals surface area contributed by atoms with Gasteiger partial charge in [0.2, 0.25) is 5.95 Å². The number of fused-ring (bicyclic) bond motifs is 1. The van der Waals surface area contributed by atoms with E-state index in [2.05, 4.69) is 21.6 Å². The Hall–Kier alpha value is -3.04. The van der Waals surface area contributed by atoms with Gasteiger partial charge in [-0.05, 0) is 42.7 Å². The van der Waals surface area contributed by atoms with Gasteiger partial charge in [0.1, 0.15) is 5.75 Å². The van der Waals surface area contributed by atoms with Crippen molar-refractivity contribution in [3.8, 4) is 11.8 Å². The van der Waals surface area contributed by atoms with Crippen LogP contribution in [0.1, 0.15) is 24.0 Å². The normalized spacial score (nSPS) is 17.1. The van der Waals surface area contributed by atoms with Crippen LogP contribution >= 0.6 is 0 Å². The van der Waals surface area contributed by atoms with Crippen molar-refractivity contribution in [3.63, 3.8) is 0 Å². The fourth-order valence-electron chi connectivity index (χ4n) is 3.68. The Morgan fingerprint density at radius 1 is 1.26 bits per heavy atom. The van der Waals surface area contributed by atoms with Gasteiger partial charge in [-0.1, -0.05) is 12.1 Å². The molecule has 4 rings (SSSR count). The number of nitrogens with zero attached hydrogens (tertiary/aromatic N) is 4. The molecule has 6 heteroatoms. The Bertz CT molecular complexity index is 986. The van der Waals surface area contributed by atoms with Gasteiger partial charge in [-0.25, -0.2) is 4.98 Å². The van der Waals surface area contributed by atoms with Crippen LogP contribution in [0.4, 0.5) is 5.95 Å². The number of rotatable bonds is 4. The van der Waals surface area contributed by atoms with Gasteiger partial charge in [-0.2, -0.15) is 5.26 Å². The highest BCUT2D eigenvalue weighted by molar-refractivity contribution is 5.80. The molecule has 1 aliphatic heterocycles. The van der Waals surface area contributed by atoms with E-state index in [1.807, 2.05) is 36.4 Å². The van der Waals surface area contributed by atoms with Crippen molar-refractivity contribution in [1.82, 2.24) is 9.55 Å². The molecule has 1 aromatic heterocycles. The highest BCUT2D eigenvalue weighted by Gasteiger charge is 2.23. The monoisotopic (exact) mass is 361 g/mol. The van der Waals surface area contributed by atoms with Gasteiger partial charge in [-0.15, -0.1) is 0 Å². The van der Waals surface area contributed by atoms with Gasteiger partial charge in [0.15, 0.2) is 0 Å². The Balaban J connectivity index is 1.77. The number of hydrogen-bond acceptors (Lipinski definition) is 5. The highest BCUT2D eigenvalue weighted by atomic mass is 16.5.